The molecule has 0 aliphatic heterocycles. The predicted octanol–water partition coefficient (Wildman–Crippen LogP) is 4.42. The second-order valence-corrected chi connectivity index (χ2v) is 4.74. The molecule has 82 valence electrons. The summed E-state index contributed by atoms with van der Waals surface area (Å²) in [6, 6.07) is 8.32. The van der Waals surface area contributed by atoms with Crippen molar-refractivity contribution in [2.24, 2.45) is 0 Å². The average molecular weight is 309 g/mol. The van der Waals surface area contributed by atoms with Crippen LogP contribution in [0.2, 0.25) is 0 Å². The van der Waals surface area contributed by atoms with E-state index in [1.54, 1.807) is 0 Å². The monoisotopic (exact) mass is 307 g/mol. The molecule has 1 aromatic carbocycles. The minimum atomic E-state index is 0.228. The molecule has 1 nitrogen and oxygen atoms in total. The van der Waals surface area contributed by atoms with E-state index < -0.39 is 0 Å². The van der Waals surface area contributed by atoms with Gasteiger partial charge >= 0.3 is 0 Å². The summed E-state index contributed by atoms with van der Waals surface area (Å²) in [5, 5.41) is 3.88. The molecule has 1 atom stereocenters. The first-order valence-electron chi connectivity index (χ1n) is 4.57. The molecule has 1 rings (SSSR count). The van der Waals surface area contributed by atoms with Crippen molar-refractivity contribution in [1.82, 2.24) is 5.32 Å². The van der Waals surface area contributed by atoms with Crippen molar-refractivity contribution in [1.29, 1.82) is 0 Å². The van der Waals surface area contributed by atoms with Gasteiger partial charge in [-0.15, -0.1) is 0 Å². The summed E-state index contributed by atoms with van der Waals surface area (Å²) in [4.78, 5) is 0. The van der Waals surface area contributed by atoms with Crippen LogP contribution in [0.15, 0.2) is 39.3 Å². The van der Waals surface area contributed by atoms with Gasteiger partial charge in [0.1, 0.15) is 0 Å². The molecular formula is C11H12BrCl2N. The maximum Gasteiger partial charge on any atom is 0.0432 e. The zero-order chi connectivity index (χ0) is 11.3. The highest BCUT2D eigenvalue weighted by Crippen LogP contribution is 2.22. The fourth-order valence-electron chi connectivity index (χ4n) is 1.23. The normalized spacial score (nSPS) is 14.0. The van der Waals surface area contributed by atoms with Crippen molar-refractivity contribution >= 4 is 39.1 Å². The molecule has 15 heavy (non-hydrogen) atoms. The SMILES string of the molecule is C[C@@H](NC/C(Cl)=C/Cl)c1ccccc1Br. The molecule has 0 spiro atoms. The van der Waals surface area contributed by atoms with Gasteiger partial charge in [-0.25, -0.2) is 0 Å². The van der Waals surface area contributed by atoms with Gasteiger partial charge in [-0.05, 0) is 18.6 Å². The molecular weight excluding hydrogens is 297 g/mol. The Morgan fingerprint density at radius 3 is 2.80 bits per heavy atom. The number of halogens is 3. The number of hydrogen-bond donors (Lipinski definition) is 1. The topological polar surface area (TPSA) is 12.0 Å². The summed E-state index contributed by atoms with van der Waals surface area (Å²) in [5.74, 6) is 0. The van der Waals surface area contributed by atoms with Crippen molar-refractivity contribution in [3.05, 3.63) is 44.9 Å². The van der Waals surface area contributed by atoms with Gasteiger partial charge in [0, 0.05) is 27.6 Å². The lowest BCUT2D eigenvalue weighted by Gasteiger charge is -2.15. The lowest BCUT2D eigenvalue weighted by atomic mass is 10.1. The van der Waals surface area contributed by atoms with Crippen molar-refractivity contribution in [2.45, 2.75) is 13.0 Å². The Kier molecular flexibility index (Phi) is 5.69. The zero-order valence-electron chi connectivity index (χ0n) is 8.31. The van der Waals surface area contributed by atoms with Crippen LogP contribution in [-0.2, 0) is 0 Å². The van der Waals surface area contributed by atoms with E-state index in [1.807, 2.05) is 18.2 Å². The van der Waals surface area contributed by atoms with E-state index in [0.717, 1.165) is 4.47 Å². The first-order valence-corrected chi connectivity index (χ1v) is 6.18. The molecule has 0 radical (unpaired) electrons. The van der Waals surface area contributed by atoms with Crippen LogP contribution in [0.25, 0.3) is 0 Å². The van der Waals surface area contributed by atoms with Crippen molar-refractivity contribution in [3.8, 4) is 0 Å². The first-order chi connectivity index (χ1) is 7.15. The van der Waals surface area contributed by atoms with Crippen LogP contribution in [-0.4, -0.2) is 6.54 Å². The highest BCUT2D eigenvalue weighted by atomic mass is 79.9. The van der Waals surface area contributed by atoms with Gasteiger partial charge in [0.2, 0.25) is 0 Å². The molecule has 0 saturated carbocycles. The summed E-state index contributed by atoms with van der Waals surface area (Å²) in [6.45, 7) is 2.66. The molecule has 0 saturated heterocycles. The molecule has 0 amide bonds. The zero-order valence-corrected chi connectivity index (χ0v) is 11.4. The molecule has 0 aliphatic rings. The van der Waals surface area contributed by atoms with Crippen LogP contribution in [0.1, 0.15) is 18.5 Å². The molecule has 0 bridgehead atoms. The summed E-state index contributed by atoms with van der Waals surface area (Å²) >= 11 is 14.8. The summed E-state index contributed by atoms with van der Waals surface area (Å²) in [6.07, 6.45) is 0. The second kappa shape index (κ2) is 6.54. The summed E-state index contributed by atoms with van der Waals surface area (Å²) in [7, 11) is 0. The third-order valence-corrected chi connectivity index (χ3v) is 3.41. The first kappa shape index (κ1) is 13.0. The van der Waals surface area contributed by atoms with E-state index in [9.17, 15) is 0 Å². The van der Waals surface area contributed by atoms with Gasteiger partial charge in [-0.1, -0.05) is 57.3 Å². The lowest BCUT2D eigenvalue weighted by Crippen LogP contribution is -2.20. The highest BCUT2D eigenvalue weighted by molar-refractivity contribution is 9.10. The fourth-order valence-corrected chi connectivity index (χ4v) is 2.01. The Labute approximate surface area is 109 Å². The van der Waals surface area contributed by atoms with E-state index in [4.69, 9.17) is 23.2 Å². The Bertz CT molecular complexity index is 352. The van der Waals surface area contributed by atoms with E-state index in [-0.39, 0.29) is 6.04 Å². The Morgan fingerprint density at radius 2 is 2.20 bits per heavy atom. The number of hydrogen-bond acceptors (Lipinski definition) is 1. The fraction of sp³-hybridized carbons (Fsp3) is 0.273. The average Bonchev–Trinajstić information content (AvgIpc) is 2.26. The van der Waals surface area contributed by atoms with E-state index in [2.05, 4.69) is 34.2 Å². The Hall–Kier alpha value is -0.0200. The predicted molar refractivity (Wildman–Crippen MR) is 70.3 cm³/mol. The number of benzene rings is 1. The molecule has 1 N–H and O–H groups in total. The smallest absolute Gasteiger partial charge is 0.0432 e. The highest BCUT2D eigenvalue weighted by Gasteiger charge is 2.07. The maximum atomic E-state index is 5.79. The van der Waals surface area contributed by atoms with Gasteiger partial charge in [0.25, 0.3) is 0 Å². The van der Waals surface area contributed by atoms with Crippen molar-refractivity contribution < 1.29 is 0 Å². The molecule has 0 heterocycles. The summed E-state index contributed by atoms with van der Waals surface area (Å²) in [5.41, 5.74) is 2.58. The summed E-state index contributed by atoms with van der Waals surface area (Å²) < 4.78 is 1.09. The van der Waals surface area contributed by atoms with E-state index in [1.165, 1.54) is 11.1 Å². The van der Waals surface area contributed by atoms with Crippen LogP contribution in [0.3, 0.4) is 0 Å². The van der Waals surface area contributed by atoms with Crippen molar-refractivity contribution in [3.63, 3.8) is 0 Å². The molecule has 0 unspecified atom stereocenters. The van der Waals surface area contributed by atoms with Gasteiger partial charge in [-0.3, -0.25) is 0 Å². The van der Waals surface area contributed by atoms with Crippen LogP contribution in [0.4, 0.5) is 0 Å². The molecule has 0 fully saturated rings. The van der Waals surface area contributed by atoms with Crippen molar-refractivity contribution in [2.75, 3.05) is 6.54 Å². The minimum Gasteiger partial charge on any atom is -0.305 e. The molecule has 4 heteroatoms. The van der Waals surface area contributed by atoms with E-state index in [0.29, 0.717) is 11.6 Å². The number of rotatable bonds is 4. The lowest BCUT2D eigenvalue weighted by molar-refractivity contribution is 0.612. The van der Waals surface area contributed by atoms with Crippen LogP contribution < -0.4 is 5.32 Å². The standard InChI is InChI=1S/C11H12BrCl2N/c1-8(15-7-9(14)6-13)10-4-2-3-5-11(10)12/h2-6,8,15H,7H2,1H3/b9-6-/t8-/m1/s1. The van der Waals surface area contributed by atoms with Crippen LogP contribution >= 0.6 is 39.1 Å². The number of nitrogens with one attached hydrogen (secondary N) is 1. The van der Waals surface area contributed by atoms with Gasteiger partial charge < -0.3 is 5.32 Å². The third kappa shape index (κ3) is 4.15. The molecule has 1 aromatic rings. The van der Waals surface area contributed by atoms with E-state index >= 15 is 0 Å². The van der Waals surface area contributed by atoms with Crippen LogP contribution in [0.5, 0.6) is 0 Å². The minimum absolute atomic E-state index is 0.228. The van der Waals surface area contributed by atoms with Gasteiger partial charge in [0.15, 0.2) is 0 Å². The maximum absolute atomic E-state index is 5.79. The molecule has 0 aliphatic carbocycles. The molecule has 0 aromatic heterocycles. The van der Waals surface area contributed by atoms with Gasteiger partial charge in [-0.2, -0.15) is 0 Å². The second-order valence-electron chi connectivity index (χ2n) is 3.18. The quantitative estimate of drug-likeness (QED) is 0.868. The third-order valence-electron chi connectivity index (χ3n) is 2.07. The Balaban J connectivity index is 2.61. The largest absolute Gasteiger partial charge is 0.305 e. The Morgan fingerprint density at radius 1 is 1.53 bits per heavy atom. The van der Waals surface area contributed by atoms with Gasteiger partial charge in [0.05, 0.1) is 0 Å². The van der Waals surface area contributed by atoms with Crippen LogP contribution in [0, 0.1) is 0 Å².